The second-order valence-electron chi connectivity index (χ2n) is 6.09. The molecule has 142 valence electrons. The van der Waals surface area contributed by atoms with Crippen LogP contribution in [0.5, 0.6) is 11.5 Å². The normalized spacial score (nSPS) is 17.8. The molecule has 1 aliphatic carbocycles. The van der Waals surface area contributed by atoms with Crippen LogP contribution in [-0.2, 0) is 9.59 Å². The summed E-state index contributed by atoms with van der Waals surface area (Å²) >= 11 is 0. The molecule has 2 amide bonds. The van der Waals surface area contributed by atoms with E-state index < -0.39 is 35.1 Å². The van der Waals surface area contributed by atoms with Crippen molar-refractivity contribution in [3.8, 4) is 11.5 Å². The van der Waals surface area contributed by atoms with Gasteiger partial charge in [0, 0.05) is 6.07 Å². The molecule has 0 radical (unpaired) electrons. The van der Waals surface area contributed by atoms with Crippen molar-refractivity contribution in [3.05, 3.63) is 48.0 Å². The number of halogens is 2. The van der Waals surface area contributed by atoms with Crippen molar-refractivity contribution in [1.29, 1.82) is 0 Å². The Bertz CT molecular complexity index is 868. The molecule has 1 aliphatic rings. The number of rotatable bonds is 6. The van der Waals surface area contributed by atoms with Gasteiger partial charge in [0.05, 0.1) is 31.7 Å². The number of anilines is 2. The first-order chi connectivity index (χ1) is 12.9. The van der Waals surface area contributed by atoms with E-state index in [0.717, 1.165) is 12.1 Å². The van der Waals surface area contributed by atoms with Crippen molar-refractivity contribution < 1.29 is 27.8 Å². The van der Waals surface area contributed by atoms with Crippen molar-refractivity contribution in [2.75, 3.05) is 24.9 Å². The first-order valence-electron chi connectivity index (χ1n) is 8.22. The number of methoxy groups -OCH3 is 2. The number of carbonyl (C=O) groups is 2. The number of amides is 2. The Hall–Kier alpha value is -3.16. The molecule has 2 atom stereocenters. The third-order valence-corrected chi connectivity index (χ3v) is 4.34. The summed E-state index contributed by atoms with van der Waals surface area (Å²) in [4.78, 5) is 24.6. The van der Waals surface area contributed by atoms with Gasteiger partial charge in [0.1, 0.15) is 28.8 Å². The highest BCUT2D eigenvalue weighted by molar-refractivity contribution is 6.03. The zero-order valence-electron chi connectivity index (χ0n) is 14.7. The molecule has 2 N–H and O–H groups in total. The fourth-order valence-corrected chi connectivity index (χ4v) is 2.73. The van der Waals surface area contributed by atoms with E-state index in [2.05, 4.69) is 10.6 Å². The predicted molar refractivity (Wildman–Crippen MR) is 94.8 cm³/mol. The van der Waals surface area contributed by atoms with Gasteiger partial charge in [-0.25, -0.2) is 8.78 Å². The number of nitrogens with one attached hydrogen (secondary N) is 2. The van der Waals surface area contributed by atoms with Crippen LogP contribution < -0.4 is 20.1 Å². The van der Waals surface area contributed by atoms with E-state index >= 15 is 0 Å². The first-order valence-corrected chi connectivity index (χ1v) is 8.22. The smallest absolute Gasteiger partial charge is 0.228 e. The van der Waals surface area contributed by atoms with Crippen LogP contribution in [-0.4, -0.2) is 26.0 Å². The van der Waals surface area contributed by atoms with Gasteiger partial charge in [0.15, 0.2) is 0 Å². The summed E-state index contributed by atoms with van der Waals surface area (Å²) in [5.41, 5.74) is -0.0695. The zero-order valence-corrected chi connectivity index (χ0v) is 14.7. The lowest BCUT2D eigenvalue weighted by Crippen LogP contribution is -2.21. The minimum atomic E-state index is -0.868. The molecular weight excluding hydrogens is 358 g/mol. The highest BCUT2D eigenvalue weighted by Gasteiger charge is 2.48. The minimum absolute atomic E-state index is 0.298. The third-order valence-electron chi connectivity index (χ3n) is 4.34. The van der Waals surface area contributed by atoms with Crippen LogP contribution in [0.1, 0.15) is 6.42 Å². The maximum atomic E-state index is 13.6. The van der Waals surface area contributed by atoms with Gasteiger partial charge in [-0.3, -0.25) is 9.59 Å². The average molecular weight is 376 g/mol. The van der Waals surface area contributed by atoms with E-state index in [1.165, 1.54) is 20.3 Å². The van der Waals surface area contributed by atoms with Crippen LogP contribution in [0, 0.1) is 23.5 Å². The molecule has 2 unspecified atom stereocenters. The number of benzene rings is 2. The fraction of sp³-hybridized carbons (Fsp3) is 0.263. The Morgan fingerprint density at radius 3 is 2.19 bits per heavy atom. The maximum absolute atomic E-state index is 13.6. The van der Waals surface area contributed by atoms with E-state index in [-0.39, 0.29) is 5.91 Å². The average Bonchev–Trinajstić information content (AvgIpc) is 3.46. The summed E-state index contributed by atoms with van der Waals surface area (Å²) in [6, 6.07) is 8.21. The summed E-state index contributed by atoms with van der Waals surface area (Å²) in [5, 5.41) is 4.92. The molecule has 2 aromatic rings. The van der Waals surface area contributed by atoms with Crippen LogP contribution in [0.2, 0.25) is 0 Å². The van der Waals surface area contributed by atoms with Crippen LogP contribution in [0.3, 0.4) is 0 Å². The summed E-state index contributed by atoms with van der Waals surface area (Å²) in [5.74, 6) is -2.94. The number of ether oxygens (including phenoxy) is 2. The highest BCUT2D eigenvalue weighted by atomic mass is 19.1. The second kappa shape index (κ2) is 7.61. The molecule has 0 aliphatic heterocycles. The molecule has 0 aromatic heterocycles. The maximum Gasteiger partial charge on any atom is 0.228 e. The highest BCUT2D eigenvalue weighted by Crippen LogP contribution is 2.41. The lowest BCUT2D eigenvalue weighted by atomic mass is 10.2. The molecule has 1 fully saturated rings. The molecular formula is C19H18F2N2O4. The standard InChI is InChI=1S/C19H18F2N2O4/c1-26-10-6-7-15(16(8-10)27-2)22-18(24)11-9-12(11)19(25)23-17-13(20)4-3-5-14(17)21/h3-8,11-12H,9H2,1-2H3,(H,22,24)(H,23,25). The molecule has 27 heavy (non-hydrogen) atoms. The third kappa shape index (κ3) is 3.99. The Morgan fingerprint density at radius 1 is 0.963 bits per heavy atom. The van der Waals surface area contributed by atoms with Gasteiger partial charge < -0.3 is 20.1 Å². The minimum Gasteiger partial charge on any atom is -0.497 e. The van der Waals surface area contributed by atoms with E-state index in [4.69, 9.17) is 9.47 Å². The van der Waals surface area contributed by atoms with Crippen LogP contribution in [0.25, 0.3) is 0 Å². The van der Waals surface area contributed by atoms with E-state index in [1.54, 1.807) is 18.2 Å². The van der Waals surface area contributed by atoms with Gasteiger partial charge >= 0.3 is 0 Å². The van der Waals surface area contributed by atoms with Gasteiger partial charge in [-0.05, 0) is 30.7 Å². The largest absolute Gasteiger partial charge is 0.497 e. The molecule has 2 aromatic carbocycles. The lowest BCUT2D eigenvalue weighted by molar-refractivity contribution is -0.122. The van der Waals surface area contributed by atoms with Crippen molar-refractivity contribution in [1.82, 2.24) is 0 Å². The summed E-state index contributed by atoms with van der Waals surface area (Å²) < 4.78 is 37.6. The molecule has 6 nitrogen and oxygen atoms in total. The van der Waals surface area contributed by atoms with E-state index in [1.807, 2.05) is 0 Å². The Balaban J connectivity index is 1.63. The first kappa shape index (κ1) is 18.6. The SMILES string of the molecule is COc1ccc(NC(=O)C2CC2C(=O)Nc2c(F)cccc2F)c(OC)c1. The van der Waals surface area contributed by atoms with Crippen LogP contribution in [0.4, 0.5) is 20.2 Å². The molecule has 1 saturated carbocycles. The molecule has 0 bridgehead atoms. The Labute approximate surface area is 154 Å². The van der Waals surface area contributed by atoms with E-state index in [0.29, 0.717) is 23.6 Å². The fourth-order valence-electron chi connectivity index (χ4n) is 2.73. The molecule has 8 heteroatoms. The quantitative estimate of drug-likeness (QED) is 0.812. The Morgan fingerprint density at radius 2 is 1.59 bits per heavy atom. The predicted octanol–water partition coefficient (Wildman–Crippen LogP) is 3.20. The van der Waals surface area contributed by atoms with Gasteiger partial charge in [-0.1, -0.05) is 6.07 Å². The summed E-state index contributed by atoms with van der Waals surface area (Å²) in [6.45, 7) is 0. The molecule has 0 heterocycles. The van der Waals surface area contributed by atoms with Crippen molar-refractivity contribution in [2.45, 2.75) is 6.42 Å². The number of para-hydroxylation sites is 1. The molecule has 0 saturated heterocycles. The van der Waals surface area contributed by atoms with Crippen LogP contribution >= 0.6 is 0 Å². The van der Waals surface area contributed by atoms with Crippen molar-refractivity contribution in [3.63, 3.8) is 0 Å². The topological polar surface area (TPSA) is 76.7 Å². The number of hydrogen-bond donors (Lipinski definition) is 2. The second-order valence-corrected chi connectivity index (χ2v) is 6.09. The van der Waals surface area contributed by atoms with Gasteiger partial charge in [0.25, 0.3) is 0 Å². The van der Waals surface area contributed by atoms with Gasteiger partial charge in [-0.15, -0.1) is 0 Å². The Kier molecular flexibility index (Phi) is 5.25. The van der Waals surface area contributed by atoms with E-state index in [9.17, 15) is 18.4 Å². The summed E-state index contributed by atoms with van der Waals surface area (Å²) in [6.07, 6.45) is 0.298. The molecule has 0 spiro atoms. The van der Waals surface area contributed by atoms with Crippen molar-refractivity contribution in [2.24, 2.45) is 11.8 Å². The van der Waals surface area contributed by atoms with Crippen LogP contribution in [0.15, 0.2) is 36.4 Å². The monoisotopic (exact) mass is 376 g/mol. The zero-order chi connectivity index (χ0) is 19.6. The molecule has 3 rings (SSSR count). The van der Waals surface area contributed by atoms with Gasteiger partial charge in [0.2, 0.25) is 11.8 Å². The summed E-state index contributed by atoms with van der Waals surface area (Å²) in [7, 11) is 2.97. The van der Waals surface area contributed by atoms with Crippen molar-refractivity contribution >= 4 is 23.2 Å². The number of hydrogen-bond acceptors (Lipinski definition) is 4. The lowest BCUT2D eigenvalue weighted by Gasteiger charge is -2.11. The van der Waals surface area contributed by atoms with Gasteiger partial charge in [-0.2, -0.15) is 0 Å². The number of carbonyl (C=O) groups excluding carboxylic acids is 2.